The summed E-state index contributed by atoms with van der Waals surface area (Å²) in [5.41, 5.74) is 0.406. The molecule has 1 aromatic rings. The number of rotatable bonds is 3. The Morgan fingerprint density at radius 1 is 1.32 bits per heavy atom. The molecule has 25 heavy (non-hydrogen) atoms. The van der Waals surface area contributed by atoms with Gasteiger partial charge in [-0.15, -0.1) is 6.58 Å². The zero-order valence-electron chi connectivity index (χ0n) is 14.1. The van der Waals surface area contributed by atoms with E-state index < -0.39 is 5.82 Å². The molecule has 2 aliphatic heterocycles. The van der Waals surface area contributed by atoms with Crippen LogP contribution in [-0.4, -0.2) is 47.8 Å². The molecule has 0 atom stereocenters. The van der Waals surface area contributed by atoms with Crippen molar-refractivity contribution in [3.63, 3.8) is 0 Å². The molecule has 2 amide bonds. The van der Waals surface area contributed by atoms with Gasteiger partial charge < -0.3 is 9.80 Å². The van der Waals surface area contributed by atoms with Gasteiger partial charge in [0.15, 0.2) is 0 Å². The highest BCUT2D eigenvalue weighted by Crippen LogP contribution is 2.40. The summed E-state index contributed by atoms with van der Waals surface area (Å²) in [6, 6.07) is 4.17. The lowest BCUT2D eigenvalue weighted by Crippen LogP contribution is -2.52. The first-order chi connectivity index (χ1) is 11.9. The van der Waals surface area contributed by atoms with Gasteiger partial charge in [0.2, 0.25) is 5.91 Å². The number of likely N-dealkylation sites (tertiary alicyclic amines) is 2. The number of halogens is 2. The molecule has 0 N–H and O–H groups in total. The molecule has 0 aromatic heterocycles. The van der Waals surface area contributed by atoms with Crippen molar-refractivity contribution in [3.05, 3.63) is 47.3 Å². The van der Waals surface area contributed by atoms with Crippen molar-refractivity contribution >= 4 is 23.4 Å². The van der Waals surface area contributed by atoms with Gasteiger partial charge in [-0.3, -0.25) is 9.59 Å². The predicted octanol–water partition coefficient (Wildman–Crippen LogP) is 3.51. The molecule has 2 heterocycles. The summed E-state index contributed by atoms with van der Waals surface area (Å²) in [6.45, 7) is 6.27. The first-order valence-corrected chi connectivity index (χ1v) is 8.95. The van der Waals surface area contributed by atoms with Crippen LogP contribution in [0.3, 0.4) is 0 Å². The fourth-order valence-corrected chi connectivity index (χ4v) is 3.95. The minimum atomic E-state index is -0.577. The molecule has 134 valence electrons. The Hall–Kier alpha value is -1.88. The van der Waals surface area contributed by atoms with E-state index in [2.05, 4.69) is 6.58 Å². The van der Waals surface area contributed by atoms with Gasteiger partial charge in [0, 0.05) is 38.2 Å². The normalized spacial score (nSPS) is 20.0. The maximum absolute atomic E-state index is 13.6. The lowest BCUT2D eigenvalue weighted by Gasteiger charge is -2.47. The first kappa shape index (κ1) is 17.9. The molecule has 4 nitrogen and oxygen atoms in total. The number of hydrogen-bond donors (Lipinski definition) is 0. The van der Waals surface area contributed by atoms with Crippen molar-refractivity contribution in [2.24, 2.45) is 5.41 Å². The number of carbonyl (C=O) groups excluding carboxylic acids is 2. The lowest BCUT2D eigenvalue weighted by atomic mass is 9.72. The number of carbonyl (C=O) groups is 2. The summed E-state index contributed by atoms with van der Waals surface area (Å²) < 4.78 is 13.6. The highest BCUT2D eigenvalue weighted by molar-refractivity contribution is 6.30. The van der Waals surface area contributed by atoms with Crippen molar-refractivity contribution in [3.8, 4) is 0 Å². The van der Waals surface area contributed by atoms with E-state index in [4.69, 9.17) is 11.6 Å². The largest absolute Gasteiger partial charge is 0.339 e. The van der Waals surface area contributed by atoms with Gasteiger partial charge in [-0.1, -0.05) is 17.7 Å². The van der Waals surface area contributed by atoms with Gasteiger partial charge >= 0.3 is 0 Å². The van der Waals surface area contributed by atoms with Crippen LogP contribution in [-0.2, 0) is 4.79 Å². The zero-order chi connectivity index (χ0) is 18.0. The first-order valence-electron chi connectivity index (χ1n) is 8.57. The molecule has 1 spiro atoms. The van der Waals surface area contributed by atoms with Gasteiger partial charge in [0.25, 0.3) is 5.91 Å². The highest BCUT2D eigenvalue weighted by atomic mass is 35.5. The average Bonchev–Trinajstić information content (AvgIpc) is 2.61. The number of amides is 2. The van der Waals surface area contributed by atoms with E-state index in [1.807, 2.05) is 4.90 Å². The quantitative estimate of drug-likeness (QED) is 0.770. The van der Waals surface area contributed by atoms with Crippen LogP contribution in [0.2, 0.25) is 5.02 Å². The lowest BCUT2D eigenvalue weighted by molar-refractivity contribution is -0.138. The number of benzene rings is 1. The molecule has 0 aliphatic carbocycles. The smallest absolute Gasteiger partial charge is 0.253 e. The maximum Gasteiger partial charge on any atom is 0.253 e. The molecule has 2 saturated heterocycles. The Balaban J connectivity index is 1.65. The van der Waals surface area contributed by atoms with Crippen LogP contribution in [0.1, 0.15) is 36.0 Å². The third-order valence-corrected chi connectivity index (χ3v) is 5.68. The Bertz CT molecular complexity index is 699. The zero-order valence-corrected chi connectivity index (χ0v) is 14.9. The summed E-state index contributed by atoms with van der Waals surface area (Å²) in [6.07, 6.45) is 4.90. The Kier molecular flexibility index (Phi) is 5.13. The summed E-state index contributed by atoms with van der Waals surface area (Å²) in [7, 11) is 0. The summed E-state index contributed by atoms with van der Waals surface area (Å²) in [5, 5.41) is 0.0170. The van der Waals surface area contributed by atoms with Gasteiger partial charge in [-0.2, -0.15) is 0 Å². The van der Waals surface area contributed by atoms with Crippen molar-refractivity contribution in [1.82, 2.24) is 9.80 Å². The number of hydrogen-bond acceptors (Lipinski definition) is 2. The van der Waals surface area contributed by atoms with Crippen LogP contribution >= 0.6 is 11.6 Å². The molecule has 0 saturated carbocycles. The second-order valence-electron chi connectivity index (χ2n) is 6.98. The van der Waals surface area contributed by atoms with E-state index in [-0.39, 0.29) is 22.3 Å². The third-order valence-electron chi connectivity index (χ3n) is 5.38. The molecule has 1 aromatic carbocycles. The van der Waals surface area contributed by atoms with E-state index in [0.29, 0.717) is 31.6 Å². The van der Waals surface area contributed by atoms with E-state index in [1.165, 1.54) is 12.1 Å². The monoisotopic (exact) mass is 364 g/mol. The number of nitrogens with zero attached hydrogens (tertiary/aromatic N) is 2. The predicted molar refractivity (Wildman–Crippen MR) is 95.0 cm³/mol. The Labute approximate surface area is 152 Å². The summed E-state index contributed by atoms with van der Waals surface area (Å²) >= 11 is 5.68. The maximum atomic E-state index is 13.6. The highest BCUT2D eigenvalue weighted by Gasteiger charge is 2.41. The fourth-order valence-electron chi connectivity index (χ4n) is 3.83. The molecule has 0 unspecified atom stereocenters. The van der Waals surface area contributed by atoms with Crippen LogP contribution in [0.25, 0.3) is 0 Å². The van der Waals surface area contributed by atoms with Gasteiger partial charge in [-0.25, -0.2) is 4.39 Å². The summed E-state index contributed by atoms with van der Waals surface area (Å²) in [4.78, 5) is 28.2. The molecular formula is C19H22ClFN2O2. The molecule has 0 radical (unpaired) electrons. The molecule has 6 heteroatoms. The van der Waals surface area contributed by atoms with E-state index in [0.717, 1.165) is 25.8 Å². The third kappa shape index (κ3) is 3.71. The van der Waals surface area contributed by atoms with Crippen LogP contribution in [0.15, 0.2) is 30.9 Å². The van der Waals surface area contributed by atoms with Gasteiger partial charge in [0.1, 0.15) is 5.82 Å². The van der Waals surface area contributed by atoms with Crippen LogP contribution in [0, 0.1) is 11.2 Å². The minimum absolute atomic E-state index is 0.0170. The molecule has 0 bridgehead atoms. The second-order valence-corrected chi connectivity index (χ2v) is 7.39. The van der Waals surface area contributed by atoms with Crippen molar-refractivity contribution in [2.75, 3.05) is 26.2 Å². The summed E-state index contributed by atoms with van der Waals surface area (Å²) in [5.74, 6) is -0.562. The minimum Gasteiger partial charge on any atom is -0.339 e. The van der Waals surface area contributed by atoms with E-state index in [1.54, 1.807) is 17.0 Å². The van der Waals surface area contributed by atoms with Crippen LogP contribution < -0.4 is 0 Å². The molecule has 3 rings (SSSR count). The molecule has 2 fully saturated rings. The Morgan fingerprint density at radius 2 is 2.04 bits per heavy atom. The van der Waals surface area contributed by atoms with Crippen molar-refractivity contribution in [2.45, 2.75) is 25.7 Å². The average molecular weight is 365 g/mol. The van der Waals surface area contributed by atoms with Gasteiger partial charge in [0.05, 0.1) is 5.02 Å². The topological polar surface area (TPSA) is 40.6 Å². The standard InChI is InChI=1S/C19H22ClFN2O2/c1-2-9-23-13-19(6-5-17(23)24)7-10-22(11-8-19)18(25)14-3-4-15(20)16(21)12-14/h2-4,12H,1,5-11,13H2. The SMILES string of the molecule is C=CCN1CC2(CCC1=O)CCN(C(=O)c1ccc(Cl)c(F)c1)CC2. The van der Waals surface area contributed by atoms with Crippen LogP contribution in [0.4, 0.5) is 4.39 Å². The van der Waals surface area contributed by atoms with E-state index >= 15 is 0 Å². The fraction of sp³-hybridized carbons (Fsp3) is 0.474. The van der Waals surface area contributed by atoms with Crippen LogP contribution in [0.5, 0.6) is 0 Å². The molecular weight excluding hydrogens is 343 g/mol. The Morgan fingerprint density at radius 3 is 2.68 bits per heavy atom. The van der Waals surface area contributed by atoms with Crippen molar-refractivity contribution in [1.29, 1.82) is 0 Å². The molecule has 2 aliphatic rings. The number of piperidine rings is 2. The van der Waals surface area contributed by atoms with E-state index in [9.17, 15) is 14.0 Å². The van der Waals surface area contributed by atoms with Gasteiger partial charge in [-0.05, 0) is 42.9 Å². The second kappa shape index (κ2) is 7.16. The van der Waals surface area contributed by atoms with Crippen molar-refractivity contribution < 1.29 is 14.0 Å².